The van der Waals surface area contributed by atoms with Crippen LogP contribution in [0.4, 0.5) is 0 Å². The molecule has 2 atom stereocenters. The summed E-state index contributed by atoms with van der Waals surface area (Å²) in [6.45, 7) is 3.98. The lowest BCUT2D eigenvalue weighted by Crippen LogP contribution is -2.31. The highest BCUT2D eigenvalue weighted by Crippen LogP contribution is 2.25. The first-order chi connectivity index (χ1) is 5.16. The fourth-order valence-corrected chi connectivity index (χ4v) is 1.48. The molecule has 62 valence electrons. The molecule has 1 rings (SSSR count). The van der Waals surface area contributed by atoms with Gasteiger partial charge in [0.2, 0.25) is 0 Å². The van der Waals surface area contributed by atoms with E-state index in [0.29, 0.717) is 0 Å². The van der Waals surface area contributed by atoms with Gasteiger partial charge in [-0.25, -0.2) is 0 Å². The van der Waals surface area contributed by atoms with Gasteiger partial charge in [0.15, 0.2) is 0 Å². The van der Waals surface area contributed by atoms with Crippen molar-refractivity contribution in [2.45, 2.75) is 32.4 Å². The van der Waals surface area contributed by atoms with Crippen LogP contribution in [-0.4, -0.2) is 17.3 Å². The van der Waals surface area contributed by atoms with Gasteiger partial charge >= 0.3 is 0 Å². The molecular formula is C9H15NO. The van der Waals surface area contributed by atoms with Crippen LogP contribution in [0.15, 0.2) is 23.3 Å². The molecule has 1 aliphatic rings. The second-order valence-electron chi connectivity index (χ2n) is 3.03. The van der Waals surface area contributed by atoms with E-state index < -0.39 is 0 Å². The molecule has 0 spiro atoms. The first-order valence-electron chi connectivity index (χ1n) is 3.92. The molecule has 0 aromatic heterocycles. The summed E-state index contributed by atoms with van der Waals surface area (Å²) in [4.78, 5) is 0. The van der Waals surface area contributed by atoms with Gasteiger partial charge < -0.3 is 10.8 Å². The molecule has 0 heterocycles. The Bertz CT molecular complexity index is 206. The largest absolute Gasteiger partial charge is 0.391 e. The Morgan fingerprint density at radius 3 is 2.64 bits per heavy atom. The lowest BCUT2D eigenvalue weighted by atomic mass is 10.1. The van der Waals surface area contributed by atoms with Crippen LogP contribution >= 0.6 is 0 Å². The van der Waals surface area contributed by atoms with Gasteiger partial charge in [-0.05, 0) is 25.8 Å². The summed E-state index contributed by atoms with van der Waals surface area (Å²) >= 11 is 0. The molecule has 0 aromatic carbocycles. The number of nitrogens with two attached hydrogens (primary N) is 1. The van der Waals surface area contributed by atoms with E-state index in [1.54, 1.807) is 0 Å². The monoisotopic (exact) mass is 153 g/mol. The summed E-state index contributed by atoms with van der Waals surface area (Å²) in [7, 11) is 0. The number of aliphatic hydroxyl groups excluding tert-OH is 1. The second-order valence-corrected chi connectivity index (χ2v) is 3.03. The highest BCUT2D eigenvalue weighted by atomic mass is 16.3. The minimum absolute atomic E-state index is 0.175. The van der Waals surface area contributed by atoms with E-state index in [2.05, 4.69) is 0 Å². The van der Waals surface area contributed by atoms with Crippen LogP contribution in [-0.2, 0) is 0 Å². The molecule has 1 aliphatic carbocycles. The Kier molecular flexibility index (Phi) is 2.47. The molecule has 3 N–H and O–H groups in total. The minimum Gasteiger partial charge on any atom is -0.391 e. The van der Waals surface area contributed by atoms with E-state index in [9.17, 15) is 5.11 Å². The number of aliphatic hydroxyl groups is 1. The molecule has 0 saturated heterocycles. The Labute approximate surface area is 67.4 Å². The van der Waals surface area contributed by atoms with Gasteiger partial charge in [0, 0.05) is 0 Å². The molecule has 2 nitrogen and oxygen atoms in total. The fraction of sp³-hybridized carbons (Fsp3) is 0.556. The smallest absolute Gasteiger partial charge is 0.0769 e. The molecule has 0 saturated carbocycles. The van der Waals surface area contributed by atoms with Crippen molar-refractivity contribution in [2.75, 3.05) is 0 Å². The maximum Gasteiger partial charge on any atom is 0.0769 e. The molecule has 0 radical (unpaired) electrons. The summed E-state index contributed by atoms with van der Waals surface area (Å²) in [5.41, 5.74) is 8.05. The average Bonchev–Trinajstić information content (AvgIpc) is 2.17. The Balaban J connectivity index is 2.82. The van der Waals surface area contributed by atoms with Crippen LogP contribution in [0.1, 0.15) is 20.3 Å². The lowest BCUT2D eigenvalue weighted by molar-refractivity contribution is 0.169. The third-order valence-electron chi connectivity index (χ3n) is 2.13. The van der Waals surface area contributed by atoms with Crippen LogP contribution in [0.2, 0.25) is 0 Å². The normalized spacial score (nSPS) is 32.4. The molecular weight excluding hydrogens is 138 g/mol. The molecule has 0 aromatic rings. The van der Waals surface area contributed by atoms with Gasteiger partial charge in [0.1, 0.15) is 0 Å². The third kappa shape index (κ3) is 1.52. The minimum atomic E-state index is -0.374. The molecule has 0 amide bonds. The van der Waals surface area contributed by atoms with E-state index in [1.165, 1.54) is 5.57 Å². The summed E-state index contributed by atoms with van der Waals surface area (Å²) in [6.07, 6.45) is 4.29. The maximum absolute atomic E-state index is 9.36. The van der Waals surface area contributed by atoms with Gasteiger partial charge in [0.05, 0.1) is 12.1 Å². The standard InChI is InChI=1S/C9H15NO/c1-3-4-7-6(2)5-8(11)9(7)10/h3-4,8-9,11H,5,10H2,1-2H3/b4-3-. The topological polar surface area (TPSA) is 46.2 Å². The zero-order chi connectivity index (χ0) is 8.43. The van der Waals surface area contributed by atoms with Gasteiger partial charge in [-0.1, -0.05) is 17.7 Å². The van der Waals surface area contributed by atoms with Crippen molar-refractivity contribution in [1.82, 2.24) is 0 Å². The van der Waals surface area contributed by atoms with Gasteiger partial charge in [-0.3, -0.25) is 0 Å². The summed E-state index contributed by atoms with van der Waals surface area (Å²) in [5, 5.41) is 9.36. The molecule has 2 unspecified atom stereocenters. The fourth-order valence-electron chi connectivity index (χ4n) is 1.48. The van der Waals surface area contributed by atoms with Crippen molar-refractivity contribution >= 4 is 0 Å². The van der Waals surface area contributed by atoms with Crippen molar-refractivity contribution in [1.29, 1.82) is 0 Å². The van der Waals surface area contributed by atoms with Gasteiger partial charge in [-0.15, -0.1) is 0 Å². The quantitative estimate of drug-likeness (QED) is 0.589. The SMILES string of the molecule is C/C=C\C1=C(C)CC(O)C1N. The number of allylic oxidation sites excluding steroid dienone is 1. The highest BCUT2D eigenvalue weighted by Gasteiger charge is 2.26. The van der Waals surface area contributed by atoms with Gasteiger partial charge in [0.25, 0.3) is 0 Å². The predicted molar refractivity (Wildman–Crippen MR) is 46.1 cm³/mol. The first-order valence-corrected chi connectivity index (χ1v) is 3.92. The van der Waals surface area contributed by atoms with Crippen molar-refractivity contribution in [2.24, 2.45) is 5.73 Å². The van der Waals surface area contributed by atoms with E-state index >= 15 is 0 Å². The van der Waals surface area contributed by atoms with Crippen LogP contribution in [0, 0.1) is 0 Å². The first kappa shape index (κ1) is 8.50. The van der Waals surface area contributed by atoms with Crippen LogP contribution < -0.4 is 5.73 Å². The van der Waals surface area contributed by atoms with E-state index in [0.717, 1.165) is 12.0 Å². The van der Waals surface area contributed by atoms with E-state index in [-0.39, 0.29) is 12.1 Å². The van der Waals surface area contributed by atoms with Crippen molar-refractivity contribution in [3.63, 3.8) is 0 Å². The van der Waals surface area contributed by atoms with Crippen molar-refractivity contribution in [3.05, 3.63) is 23.3 Å². The second kappa shape index (κ2) is 3.20. The van der Waals surface area contributed by atoms with Crippen LogP contribution in [0.5, 0.6) is 0 Å². The van der Waals surface area contributed by atoms with Crippen molar-refractivity contribution in [3.8, 4) is 0 Å². The Hall–Kier alpha value is -0.600. The third-order valence-corrected chi connectivity index (χ3v) is 2.13. The van der Waals surface area contributed by atoms with Gasteiger partial charge in [-0.2, -0.15) is 0 Å². The van der Waals surface area contributed by atoms with E-state index in [4.69, 9.17) is 5.73 Å². The maximum atomic E-state index is 9.36. The number of hydrogen-bond acceptors (Lipinski definition) is 2. The lowest BCUT2D eigenvalue weighted by Gasteiger charge is -2.09. The zero-order valence-corrected chi connectivity index (χ0v) is 7.04. The molecule has 2 heteroatoms. The average molecular weight is 153 g/mol. The molecule has 0 aliphatic heterocycles. The summed E-state index contributed by atoms with van der Waals surface area (Å²) < 4.78 is 0. The molecule has 0 bridgehead atoms. The van der Waals surface area contributed by atoms with Crippen LogP contribution in [0.25, 0.3) is 0 Å². The highest BCUT2D eigenvalue weighted by molar-refractivity contribution is 5.35. The molecule has 11 heavy (non-hydrogen) atoms. The van der Waals surface area contributed by atoms with Crippen molar-refractivity contribution < 1.29 is 5.11 Å². The zero-order valence-electron chi connectivity index (χ0n) is 7.04. The van der Waals surface area contributed by atoms with Crippen LogP contribution in [0.3, 0.4) is 0 Å². The van der Waals surface area contributed by atoms with E-state index in [1.807, 2.05) is 26.0 Å². The molecule has 0 fully saturated rings. The number of hydrogen-bond donors (Lipinski definition) is 2. The number of rotatable bonds is 1. The summed E-state index contributed by atoms with van der Waals surface area (Å²) in [5.74, 6) is 0. The predicted octanol–water partition coefficient (Wildman–Crippen LogP) is 0.971. The Morgan fingerprint density at radius 2 is 2.27 bits per heavy atom. The summed E-state index contributed by atoms with van der Waals surface area (Å²) in [6, 6.07) is -0.175. The Morgan fingerprint density at radius 1 is 1.64 bits per heavy atom.